The van der Waals surface area contributed by atoms with Crippen LogP contribution in [0.5, 0.6) is 11.5 Å². The molecule has 0 atom stereocenters. The lowest BCUT2D eigenvalue weighted by Gasteiger charge is -2.30. The highest BCUT2D eigenvalue weighted by molar-refractivity contribution is 8.01. The minimum atomic E-state index is -0.151. The van der Waals surface area contributed by atoms with Gasteiger partial charge in [0.05, 0.1) is 35.9 Å². The van der Waals surface area contributed by atoms with Gasteiger partial charge in [-0.15, -0.1) is 11.3 Å². The molecule has 0 bridgehead atoms. The van der Waals surface area contributed by atoms with Gasteiger partial charge in [0.25, 0.3) is 0 Å². The third-order valence-corrected chi connectivity index (χ3v) is 9.68. The lowest BCUT2D eigenvalue weighted by atomic mass is 10.1. The Kier molecular flexibility index (Phi) is 9.27. The van der Waals surface area contributed by atoms with Crippen molar-refractivity contribution in [1.82, 2.24) is 19.9 Å². The molecule has 2 N–H and O–H groups in total. The smallest absolute Gasteiger partial charge is 0.234 e. The zero-order valence-electron chi connectivity index (χ0n) is 24.5. The molecule has 226 valence electrons. The van der Waals surface area contributed by atoms with Crippen molar-refractivity contribution in [3.63, 3.8) is 0 Å². The fraction of sp³-hybridized carbons (Fsp3) is 0.433. The molecule has 4 heterocycles. The predicted molar refractivity (Wildman–Crippen MR) is 174 cm³/mol. The Morgan fingerprint density at radius 3 is 2.21 bits per heavy atom. The number of fused-ring (bicyclic) bond motifs is 1. The van der Waals surface area contributed by atoms with Crippen LogP contribution in [0, 0.1) is 0 Å². The number of thiazole rings is 1. The average molecular weight is 621 g/mol. The number of aromatic nitrogens is 4. The molecule has 1 amide bonds. The Morgan fingerprint density at radius 2 is 1.56 bits per heavy atom. The quantitative estimate of drug-likeness (QED) is 0.205. The highest BCUT2D eigenvalue weighted by Gasteiger charge is 2.21. The van der Waals surface area contributed by atoms with Gasteiger partial charge in [-0.25, -0.2) is 4.98 Å². The number of benzene rings is 2. The minimum Gasteiger partial charge on any atom is -0.497 e. The summed E-state index contributed by atoms with van der Waals surface area (Å²) in [5.41, 5.74) is 2.33. The molecule has 0 aliphatic carbocycles. The maximum Gasteiger partial charge on any atom is 0.234 e. The van der Waals surface area contributed by atoms with Crippen LogP contribution in [-0.4, -0.2) is 72.0 Å². The van der Waals surface area contributed by atoms with Crippen LogP contribution in [0.4, 0.5) is 29.2 Å². The van der Waals surface area contributed by atoms with Crippen molar-refractivity contribution < 1.29 is 14.3 Å². The van der Waals surface area contributed by atoms with Gasteiger partial charge in [-0.1, -0.05) is 11.8 Å². The standard InChI is InChI=1S/C30H36N8O3S2/c1-40-21-10-12-24(41-2)23(18-21)32-26(39)19-42-30-33-22-11-9-20(17-25(22)43-30)31-27-34-28(37-13-5-3-6-14-37)36-29(35-27)38-15-7-4-8-16-38/h9-12,17-18H,3-8,13-16,19H2,1-2H3,(H,32,39)(H,31,34,35,36). The molecule has 2 aromatic heterocycles. The maximum atomic E-state index is 12.7. The summed E-state index contributed by atoms with van der Waals surface area (Å²) in [6.07, 6.45) is 7.14. The van der Waals surface area contributed by atoms with Crippen LogP contribution >= 0.6 is 23.1 Å². The van der Waals surface area contributed by atoms with E-state index in [4.69, 9.17) is 29.4 Å². The summed E-state index contributed by atoms with van der Waals surface area (Å²) in [6.45, 7) is 3.89. The number of carbonyl (C=O) groups is 1. The largest absolute Gasteiger partial charge is 0.497 e. The summed E-state index contributed by atoms with van der Waals surface area (Å²) in [6, 6.07) is 11.3. The Balaban J connectivity index is 1.15. The van der Waals surface area contributed by atoms with Gasteiger partial charge in [-0.3, -0.25) is 4.79 Å². The van der Waals surface area contributed by atoms with Crippen molar-refractivity contribution in [2.45, 2.75) is 42.9 Å². The number of hydrogen-bond acceptors (Lipinski definition) is 12. The third kappa shape index (κ3) is 7.21. The number of piperidine rings is 2. The van der Waals surface area contributed by atoms with Gasteiger partial charge in [-0.2, -0.15) is 15.0 Å². The van der Waals surface area contributed by atoms with Gasteiger partial charge >= 0.3 is 0 Å². The van der Waals surface area contributed by atoms with Gasteiger partial charge in [0, 0.05) is 37.9 Å². The van der Waals surface area contributed by atoms with Crippen LogP contribution in [0.1, 0.15) is 38.5 Å². The Bertz CT molecular complexity index is 1530. The fourth-order valence-electron chi connectivity index (χ4n) is 5.28. The second kappa shape index (κ2) is 13.6. The van der Waals surface area contributed by atoms with Crippen LogP contribution in [0.25, 0.3) is 10.2 Å². The van der Waals surface area contributed by atoms with Crippen molar-refractivity contribution in [2.24, 2.45) is 0 Å². The number of carbonyl (C=O) groups excluding carboxylic acids is 1. The van der Waals surface area contributed by atoms with Gasteiger partial charge in [-0.05, 0) is 68.9 Å². The molecule has 2 aromatic carbocycles. The molecule has 43 heavy (non-hydrogen) atoms. The SMILES string of the molecule is COc1ccc(OC)c(NC(=O)CSc2nc3ccc(Nc4nc(N5CCCCC5)nc(N5CCCCC5)n4)cc3s2)c1. The van der Waals surface area contributed by atoms with Crippen molar-refractivity contribution in [1.29, 1.82) is 0 Å². The summed E-state index contributed by atoms with van der Waals surface area (Å²) in [4.78, 5) is 36.5. The number of rotatable bonds is 10. The van der Waals surface area contributed by atoms with E-state index >= 15 is 0 Å². The first-order chi connectivity index (χ1) is 21.1. The van der Waals surface area contributed by atoms with Crippen LogP contribution in [0.3, 0.4) is 0 Å². The van der Waals surface area contributed by atoms with E-state index in [-0.39, 0.29) is 11.7 Å². The van der Waals surface area contributed by atoms with E-state index in [1.54, 1.807) is 43.8 Å². The van der Waals surface area contributed by atoms with Gasteiger partial charge in [0.1, 0.15) is 11.5 Å². The minimum absolute atomic E-state index is 0.151. The highest BCUT2D eigenvalue weighted by atomic mass is 32.2. The molecule has 0 spiro atoms. The van der Waals surface area contributed by atoms with Gasteiger partial charge in [0.2, 0.25) is 23.8 Å². The first kappa shape index (κ1) is 29.2. The molecule has 2 saturated heterocycles. The summed E-state index contributed by atoms with van der Waals surface area (Å²) in [5.74, 6) is 3.33. The number of nitrogens with one attached hydrogen (secondary N) is 2. The highest BCUT2D eigenvalue weighted by Crippen LogP contribution is 2.33. The Hall–Kier alpha value is -3.84. The number of anilines is 5. The average Bonchev–Trinajstić information content (AvgIpc) is 3.47. The topological polar surface area (TPSA) is 118 Å². The molecule has 0 unspecified atom stereocenters. The number of ether oxygens (including phenoxy) is 2. The molecular weight excluding hydrogens is 585 g/mol. The molecule has 6 rings (SSSR count). The van der Waals surface area contributed by atoms with Crippen LogP contribution in [0.2, 0.25) is 0 Å². The molecular formula is C30H36N8O3S2. The Labute approximate surface area is 259 Å². The first-order valence-corrected chi connectivity index (χ1v) is 16.5. The monoisotopic (exact) mass is 620 g/mol. The summed E-state index contributed by atoms with van der Waals surface area (Å²) in [5, 5.41) is 6.34. The molecule has 2 aliphatic heterocycles. The predicted octanol–water partition coefficient (Wildman–Crippen LogP) is 5.95. The van der Waals surface area contributed by atoms with Gasteiger partial charge < -0.3 is 29.9 Å². The molecule has 2 fully saturated rings. The lowest BCUT2D eigenvalue weighted by Crippen LogP contribution is -2.34. The van der Waals surface area contributed by atoms with Gasteiger partial charge in [0.15, 0.2) is 4.34 Å². The third-order valence-electron chi connectivity index (χ3n) is 7.52. The fourth-order valence-corrected chi connectivity index (χ4v) is 7.19. The summed E-state index contributed by atoms with van der Waals surface area (Å²) >= 11 is 2.95. The maximum absolute atomic E-state index is 12.7. The van der Waals surface area contributed by atoms with E-state index in [0.717, 1.165) is 84.0 Å². The van der Waals surface area contributed by atoms with Crippen molar-refractivity contribution in [3.05, 3.63) is 36.4 Å². The molecule has 2 aliphatic rings. The van der Waals surface area contributed by atoms with E-state index < -0.39 is 0 Å². The Morgan fingerprint density at radius 1 is 0.860 bits per heavy atom. The number of methoxy groups -OCH3 is 2. The molecule has 13 heteroatoms. The van der Waals surface area contributed by atoms with Crippen molar-refractivity contribution >= 4 is 68.4 Å². The second-order valence-electron chi connectivity index (χ2n) is 10.5. The summed E-state index contributed by atoms with van der Waals surface area (Å²) in [7, 11) is 3.15. The molecule has 0 saturated carbocycles. The number of amides is 1. The number of nitrogens with zero attached hydrogens (tertiary/aromatic N) is 6. The lowest BCUT2D eigenvalue weighted by molar-refractivity contribution is -0.113. The molecule has 4 aromatic rings. The van der Waals surface area contributed by atoms with Crippen molar-refractivity contribution in [2.75, 3.05) is 66.6 Å². The van der Waals surface area contributed by atoms with Crippen molar-refractivity contribution in [3.8, 4) is 11.5 Å². The summed E-state index contributed by atoms with van der Waals surface area (Å²) < 4.78 is 12.5. The zero-order chi connectivity index (χ0) is 29.6. The van der Waals surface area contributed by atoms with E-state index in [0.29, 0.717) is 23.1 Å². The first-order valence-electron chi connectivity index (χ1n) is 14.7. The number of hydrogen-bond donors (Lipinski definition) is 2. The van der Waals surface area contributed by atoms with E-state index in [2.05, 4.69) is 26.5 Å². The van der Waals surface area contributed by atoms with E-state index in [1.807, 2.05) is 12.1 Å². The second-order valence-corrected chi connectivity index (χ2v) is 12.8. The van der Waals surface area contributed by atoms with E-state index in [1.165, 1.54) is 24.6 Å². The van der Waals surface area contributed by atoms with E-state index in [9.17, 15) is 4.79 Å². The molecule has 11 nitrogen and oxygen atoms in total. The zero-order valence-corrected chi connectivity index (χ0v) is 26.1. The van der Waals surface area contributed by atoms with Crippen LogP contribution in [-0.2, 0) is 4.79 Å². The number of thioether (sulfide) groups is 1. The van der Waals surface area contributed by atoms with Crippen LogP contribution in [0.15, 0.2) is 40.7 Å². The van der Waals surface area contributed by atoms with Crippen LogP contribution < -0.4 is 29.9 Å². The normalized spacial score (nSPS) is 15.4. The molecule has 0 radical (unpaired) electrons.